The molecule has 1 fully saturated rings. The lowest BCUT2D eigenvalue weighted by Crippen LogP contribution is -2.11. The van der Waals surface area contributed by atoms with Crippen molar-refractivity contribution in [1.29, 1.82) is 5.41 Å². The van der Waals surface area contributed by atoms with Crippen LogP contribution in [0.4, 0.5) is 0 Å². The molecule has 3 aromatic rings. The summed E-state index contributed by atoms with van der Waals surface area (Å²) in [6, 6.07) is 7.94. The quantitative estimate of drug-likeness (QED) is 0.527. The van der Waals surface area contributed by atoms with Gasteiger partial charge in [-0.2, -0.15) is 0 Å². The van der Waals surface area contributed by atoms with Gasteiger partial charge in [0.25, 0.3) is 0 Å². The number of thiazole rings is 1. The zero-order valence-electron chi connectivity index (χ0n) is 15.6. The zero-order chi connectivity index (χ0) is 20.0. The fraction of sp³-hybridized carbons (Fsp3) is 0.190. The van der Waals surface area contributed by atoms with Crippen LogP contribution in [0.5, 0.6) is 0 Å². The molecule has 0 bridgehead atoms. The number of nitrogens with one attached hydrogen (secondary N) is 1. The molecule has 1 aliphatic heterocycles. The second-order valence-corrected chi connectivity index (χ2v) is 9.11. The molecule has 4 rings (SSSR count). The number of ketones is 1. The molecule has 0 radical (unpaired) electrons. The predicted molar refractivity (Wildman–Crippen MR) is 118 cm³/mol. The van der Waals surface area contributed by atoms with Crippen LogP contribution in [0.15, 0.2) is 40.7 Å². The molecule has 0 spiro atoms. The minimum Gasteiger partial charge on any atom is -0.318 e. The number of halogens is 1. The molecular formula is C21H18ClN3OS2. The average molecular weight is 428 g/mol. The van der Waals surface area contributed by atoms with Crippen molar-refractivity contribution in [1.82, 2.24) is 9.55 Å². The zero-order valence-corrected chi connectivity index (χ0v) is 18.0. The number of aryl methyl sites for hydroxylation is 1. The van der Waals surface area contributed by atoms with Crippen molar-refractivity contribution in [3.05, 3.63) is 73.3 Å². The van der Waals surface area contributed by atoms with Crippen molar-refractivity contribution >= 4 is 51.6 Å². The number of rotatable bonds is 3. The highest BCUT2D eigenvalue weighted by molar-refractivity contribution is 8.19. The summed E-state index contributed by atoms with van der Waals surface area (Å²) in [4.78, 5) is 17.7. The normalized spacial score (nSPS) is 18.4. The standard InChI is InChI=1S/C21H18ClN3OS2/c1-11-9-14(13(3)25(11)16-6-4-5-15(22)12(16)2)10-17-19(26)18(20(23)28-17)21-24-7-8-27-21/h4-10,18,23H,1-3H3. The molecule has 2 aromatic heterocycles. The summed E-state index contributed by atoms with van der Waals surface area (Å²) in [6.45, 7) is 6.08. The van der Waals surface area contributed by atoms with Crippen molar-refractivity contribution in [3.63, 3.8) is 0 Å². The van der Waals surface area contributed by atoms with Gasteiger partial charge in [-0.05, 0) is 56.2 Å². The van der Waals surface area contributed by atoms with Gasteiger partial charge in [0, 0.05) is 33.7 Å². The summed E-state index contributed by atoms with van der Waals surface area (Å²) in [6.07, 6.45) is 3.57. The minimum absolute atomic E-state index is 0.0475. The largest absolute Gasteiger partial charge is 0.318 e. The van der Waals surface area contributed by atoms with Gasteiger partial charge >= 0.3 is 0 Å². The Hall–Kier alpha value is -2.15. The number of benzene rings is 1. The van der Waals surface area contributed by atoms with E-state index >= 15 is 0 Å². The first-order valence-corrected chi connectivity index (χ1v) is 10.8. The van der Waals surface area contributed by atoms with Crippen LogP contribution in [0.2, 0.25) is 5.02 Å². The number of carbonyl (C=O) groups is 1. The fourth-order valence-electron chi connectivity index (χ4n) is 3.47. The maximum absolute atomic E-state index is 12.9. The van der Waals surface area contributed by atoms with Crippen LogP contribution in [0.1, 0.15) is 33.4 Å². The van der Waals surface area contributed by atoms with E-state index in [1.54, 1.807) is 6.20 Å². The number of hydrogen-bond acceptors (Lipinski definition) is 5. The lowest BCUT2D eigenvalue weighted by Gasteiger charge is -2.13. The van der Waals surface area contributed by atoms with Gasteiger partial charge in [-0.25, -0.2) is 4.98 Å². The lowest BCUT2D eigenvalue weighted by atomic mass is 10.1. The van der Waals surface area contributed by atoms with E-state index < -0.39 is 5.92 Å². The van der Waals surface area contributed by atoms with Crippen molar-refractivity contribution in [2.45, 2.75) is 26.7 Å². The van der Waals surface area contributed by atoms with Gasteiger partial charge in [0.2, 0.25) is 0 Å². The number of aromatic nitrogens is 2. The number of allylic oxidation sites excluding steroid dienone is 1. The molecule has 0 saturated carbocycles. The third kappa shape index (κ3) is 3.15. The second-order valence-electron chi connectivity index (χ2n) is 6.69. The van der Waals surface area contributed by atoms with E-state index in [0.717, 1.165) is 33.2 Å². The number of Topliss-reactive ketones (excluding diaryl/α,β-unsaturated/α-hetero) is 1. The average Bonchev–Trinajstić information content (AvgIpc) is 3.32. The number of nitrogens with zero attached hydrogens (tertiary/aromatic N) is 2. The number of thioether (sulfide) groups is 1. The van der Waals surface area contributed by atoms with Crippen molar-refractivity contribution in [2.75, 3.05) is 0 Å². The molecule has 1 aromatic carbocycles. The van der Waals surface area contributed by atoms with Crippen molar-refractivity contribution < 1.29 is 4.79 Å². The summed E-state index contributed by atoms with van der Waals surface area (Å²) in [5.74, 6) is -0.608. The van der Waals surface area contributed by atoms with Crippen molar-refractivity contribution in [2.24, 2.45) is 0 Å². The van der Waals surface area contributed by atoms with Gasteiger partial charge in [-0.3, -0.25) is 10.2 Å². The summed E-state index contributed by atoms with van der Waals surface area (Å²) >= 11 is 8.96. The predicted octanol–water partition coefficient (Wildman–Crippen LogP) is 5.93. The van der Waals surface area contributed by atoms with Gasteiger partial charge in [0.15, 0.2) is 5.78 Å². The van der Waals surface area contributed by atoms with E-state index in [-0.39, 0.29) is 5.78 Å². The molecule has 1 N–H and O–H groups in total. The Morgan fingerprint density at radius 1 is 1.29 bits per heavy atom. The number of hydrogen-bond donors (Lipinski definition) is 1. The first kappa shape index (κ1) is 19.2. The fourth-order valence-corrected chi connectivity index (χ4v) is 5.44. The van der Waals surface area contributed by atoms with Gasteiger partial charge in [-0.1, -0.05) is 29.4 Å². The summed E-state index contributed by atoms with van der Waals surface area (Å²) in [5.41, 5.74) is 5.12. The van der Waals surface area contributed by atoms with Crippen LogP contribution in [0.3, 0.4) is 0 Å². The van der Waals surface area contributed by atoms with E-state index in [0.29, 0.717) is 15.0 Å². The number of carbonyl (C=O) groups excluding carboxylic acids is 1. The molecule has 4 nitrogen and oxygen atoms in total. The smallest absolute Gasteiger partial charge is 0.186 e. The molecule has 1 unspecified atom stereocenters. The van der Waals surface area contributed by atoms with Crippen LogP contribution in [0.25, 0.3) is 11.8 Å². The Kier molecular flexibility index (Phi) is 5.04. The first-order valence-electron chi connectivity index (χ1n) is 8.74. The SMILES string of the molecule is Cc1c(Cl)cccc1-n1c(C)cc(C=C2SC(=N)C(c3nccs3)C2=O)c1C. The summed E-state index contributed by atoms with van der Waals surface area (Å²) in [7, 11) is 0. The second kappa shape index (κ2) is 7.35. The molecule has 0 aliphatic carbocycles. The van der Waals surface area contributed by atoms with E-state index in [4.69, 9.17) is 17.0 Å². The Bertz CT molecular complexity index is 1130. The molecule has 0 amide bonds. The van der Waals surface area contributed by atoms with E-state index in [9.17, 15) is 4.79 Å². The molecule has 1 atom stereocenters. The van der Waals surface area contributed by atoms with E-state index in [2.05, 4.69) is 15.6 Å². The van der Waals surface area contributed by atoms with Gasteiger partial charge < -0.3 is 4.57 Å². The maximum Gasteiger partial charge on any atom is 0.186 e. The Morgan fingerprint density at radius 2 is 2.07 bits per heavy atom. The molecule has 7 heteroatoms. The topological polar surface area (TPSA) is 58.7 Å². The lowest BCUT2D eigenvalue weighted by molar-refractivity contribution is -0.114. The van der Waals surface area contributed by atoms with Crippen LogP contribution < -0.4 is 0 Å². The Labute approximate surface area is 176 Å². The Morgan fingerprint density at radius 3 is 2.79 bits per heavy atom. The third-order valence-electron chi connectivity index (χ3n) is 4.92. The van der Waals surface area contributed by atoms with Crippen LogP contribution in [-0.2, 0) is 4.79 Å². The van der Waals surface area contributed by atoms with Crippen molar-refractivity contribution in [3.8, 4) is 5.69 Å². The molecule has 142 valence electrons. The van der Waals surface area contributed by atoms with Crippen LogP contribution >= 0.6 is 34.7 Å². The molecule has 28 heavy (non-hydrogen) atoms. The third-order valence-corrected chi connectivity index (χ3v) is 7.17. The minimum atomic E-state index is -0.560. The van der Waals surface area contributed by atoms with Gasteiger partial charge in [0.1, 0.15) is 10.9 Å². The van der Waals surface area contributed by atoms with Crippen LogP contribution in [-0.4, -0.2) is 20.4 Å². The first-order chi connectivity index (χ1) is 13.4. The summed E-state index contributed by atoms with van der Waals surface area (Å²) < 4.78 is 2.15. The maximum atomic E-state index is 12.9. The van der Waals surface area contributed by atoms with Gasteiger partial charge in [-0.15, -0.1) is 11.3 Å². The molecular weight excluding hydrogens is 410 g/mol. The highest BCUT2D eigenvalue weighted by Crippen LogP contribution is 2.41. The van der Waals surface area contributed by atoms with Crippen LogP contribution in [0, 0.1) is 26.2 Å². The molecule has 3 heterocycles. The highest BCUT2D eigenvalue weighted by Gasteiger charge is 2.38. The van der Waals surface area contributed by atoms with E-state index in [1.165, 1.54) is 23.1 Å². The summed E-state index contributed by atoms with van der Waals surface area (Å²) in [5, 5.41) is 11.8. The highest BCUT2D eigenvalue weighted by atomic mass is 35.5. The van der Waals surface area contributed by atoms with E-state index in [1.807, 2.05) is 50.4 Å². The monoisotopic (exact) mass is 427 g/mol. The molecule has 1 saturated heterocycles. The molecule has 1 aliphatic rings. The Balaban J connectivity index is 1.75. The van der Waals surface area contributed by atoms with Gasteiger partial charge in [0.05, 0.1) is 9.95 Å².